The zero-order chi connectivity index (χ0) is 18.8. The van der Waals surface area contributed by atoms with Gasteiger partial charge in [0.05, 0.1) is 0 Å². The number of hydrogen-bond acceptors (Lipinski definition) is 5. The van der Waals surface area contributed by atoms with Gasteiger partial charge in [0.25, 0.3) is 5.91 Å². The van der Waals surface area contributed by atoms with Crippen molar-refractivity contribution in [2.24, 2.45) is 4.99 Å². The van der Waals surface area contributed by atoms with E-state index in [-0.39, 0.29) is 11.9 Å². The zero-order valence-electron chi connectivity index (χ0n) is 15.8. The van der Waals surface area contributed by atoms with Gasteiger partial charge in [-0.2, -0.15) is 0 Å². The minimum Gasteiger partial charge on any atom is -0.343 e. The van der Waals surface area contributed by atoms with Crippen LogP contribution in [0.5, 0.6) is 0 Å². The first kappa shape index (κ1) is 17.8. The number of urea groups is 1. The van der Waals surface area contributed by atoms with Gasteiger partial charge in [-0.25, -0.2) is 9.79 Å². The summed E-state index contributed by atoms with van der Waals surface area (Å²) in [4.78, 5) is 35.6. The lowest BCUT2D eigenvalue weighted by molar-refractivity contribution is -0.127. The number of carbonyl (C=O) groups excluding carboxylic acids is 2. The zero-order valence-corrected chi connectivity index (χ0v) is 15.8. The molecule has 2 atom stereocenters. The summed E-state index contributed by atoms with van der Waals surface area (Å²) in [5, 5.41) is 2.48. The highest BCUT2D eigenvalue weighted by atomic mass is 16.2. The van der Waals surface area contributed by atoms with E-state index in [4.69, 9.17) is 4.99 Å². The molecule has 2 fully saturated rings. The van der Waals surface area contributed by atoms with Crippen LogP contribution in [0, 0.1) is 0 Å². The fraction of sp³-hybridized carbons (Fsp3) is 0.550. The van der Waals surface area contributed by atoms with Crippen LogP contribution in [0.25, 0.3) is 0 Å². The van der Waals surface area contributed by atoms with E-state index in [0.717, 1.165) is 38.3 Å². The van der Waals surface area contributed by atoms with Crippen molar-refractivity contribution in [3.05, 3.63) is 35.9 Å². The van der Waals surface area contributed by atoms with Gasteiger partial charge in [0, 0.05) is 26.7 Å². The first-order chi connectivity index (χ1) is 13.1. The van der Waals surface area contributed by atoms with Crippen molar-refractivity contribution in [1.82, 2.24) is 20.0 Å². The normalized spacial score (nSPS) is 25.8. The Balaban J connectivity index is 1.60. The van der Waals surface area contributed by atoms with Crippen molar-refractivity contribution < 1.29 is 9.59 Å². The maximum Gasteiger partial charge on any atom is 0.325 e. The Morgan fingerprint density at radius 2 is 1.78 bits per heavy atom. The topological polar surface area (TPSA) is 68.2 Å². The molecule has 3 amide bonds. The molecule has 1 N–H and O–H groups in total. The number of likely N-dealkylation sites (N-methyl/N-ethyl adjacent to an activating group) is 1. The molecule has 144 valence electrons. The number of rotatable bonds is 3. The van der Waals surface area contributed by atoms with E-state index < -0.39 is 12.2 Å². The van der Waals surface area contributed by atoms with Gasteiger partial charge in [-0.1, -0.05) is 43.2 Å². The van der Waals surface area contributed by atoms with Crippen LogP contribution in [0.4, 0.5) is 4.79 Å². The van der Waals surface area contributed by atoms with Gasteiger partial charge in [-0.05, 0) is 24.8 Å². The molecule has 0 aromatic heterocycles. The smallest absolute Gasteiger partial charge is 0.325 e. The quantitative estimate of drug-likeness (QED) is 0.880. The number of aliphatic imine (C=N–C) groups is 1. The molecular weight excluding hydrogens is 342 g/mol. The summed E-state index contributed by atoms with van der Waals surface area (Å²) in [6.07, 6.45) is 5.14. The van der Waals surface area contributed by atoms with Gasteiger partial charge in [0.1, 0.15) is 0 Å². The highest BCUT2D eigenvalue weighted by Crippen LogP contribution is 2.27. The van der Waals surface area contributed by atoms with Crippen LogP contribution in [-0.4, -0.2) is 71.5 Å². The fourth-order valence-electron chi connectivity index (χ4n) is 4.18. The predicted molar refractivity (Wildman–Crippen MR) is 103 cm³/mol. The molecule has 1 aromatic carbocycles. The van der Waals surface area contributed by atoms with Gasteiger partial charge in [0.2, 0.25) is 0 Å². The molecule has 0 aliphatic carbocycles. The van der Waals surface area contributed by atoms with E-state index >= 15 is 0 Å². The second-order valence-corrected chi connectivity index (χ2v) is 7.52. The first-order valence-electron chi connectivity index (χ1n) is 9.86. The van der Waals surface area contributed by atoms with Crippen LogP contribution in [0.3, 0.4) is 0 Å². The largest absolute Gasteiger partial charge is 0.343 e. The van der Waals surface area contributed by atoms with E-state index in [1.807, 2.05) is 18.2 Å². The summed E-state index contributed by atoms with van der Waals surface area (Å²) < 4.78 is 0. The molecule has 0 radical (unpaired) electrons. The molecule has 27 heavy (non-hydrogen) atoms. The Morgan fingerprint density at radius 3 is 2.48 bits per heavy atom. The third kappa shape index (κ3) is 3.50. The van der Waals surface area contributed by atoms with Gasteiger partial charge in [-0.3, -0.25) is 10.1 Å². The van der Waals surface area contributed by atoms with Crippen molar-refractivity contribution in [1.29, 1.82) is 0 Å². The molecule has 1 aromatic rings. The number of carbonyl (C=O) groups is 2. The lowest BCUT2D eigenvalue weighted by atomic mass is 10.1. The Morgan fingerprint density at radius 1 is 1.07 bits per heavy atom. The van der Waals surface area contributed by atoms with Gasteiger partial charge in [-0.15, -0.1) is 0 Å². The first-order valence-corrected chi connectivity index (χ1v) is 9.86. The molecule has 7 nitrogen and oxygen atoms in total. The third-order valence-electron chi connectivity index (χ3n) is 5.71. The van der Waals surface area contributed by atoms with Crippen molar-refractivity contribution in [2.75, 3.05) is 26.7 Å². The monoisotopic (exact) mass is 369 g/mol. The minimum atomic E-state index is -0.449. The standard InChI is InChI=1S/C20H27N5O2/c1-23-17-16(18(26)22-20(23)27)25(14-11-15-9-5-4-6-10-15)19(21-17)24-12-7-2-3-8-13-24/h4-6,9-10,16-17H,2-3,7-8,11-14H2,1H3,(H,22,26,27). The van der Waals surface area contributed by atoms with Gasteiger partial charge >= 0.3 is 6.03 Å². The van der Waals surface area contributed by atoms with Crippen LogP contribution in [0.15, 0.2) is 35.3 Å². The van der Waals surface area contributed by atoms with E-state index in [9.17, 15) is 9.59 Å². The molecule has 2 saturated heterocycles. The average Bonchev–Trinajstić information content (AvgIpc) is 2.86. The van der Waals surface area contributed by atoms with E-state index in [1.165, 1.54) is 18.4 Å². The summed E-state index contributed by atoms with van der Waals surface area (Å²) >= 11 is 0. The Bertz CT molecular complexity index is 727. The number of guanidine groups is 1. The fourth-order valence-corrected chi connectivity index (χ4v) is 4.18. The summed E-state index contributed by atoms with van der Waals surface area (Å²) in [6, 6.07) is 9.46. The SMILES string of the molecule is CN1C(=O)NC(=O)C2C1N=C(N1CCCCCC1)N2CCc1ccccc1. The van der Waals surface area contributed by atoms with Crippen molar-refractivity contribution >= 4 is 17.9 Å². The number of imide groups is 1. The van der Waals surface area contributed by atoms with Crippen LogP contribution in [0.2, 0.25) is 0 Å². The highest BCUT2D eigenvalue weighted by molar-refractivity contribution is 6.03. The van der Waals surface area contributed by atoms with E-state index in [1.54, 1.807) is 11.9 Å². The lowest BCUT2D eigenvalue weighted by Gasteiger charge is -2.37. The Labute approximate surface area is 160 Å². The number of likely N-dealkylation sites (tertiary alicyclic amines) is 1. The molecule has 0 bridgehead atoms. The van der Waals surface area contributed by atoms with Crippen LogP contribution < -0.4 is 5.32 Å². The van der Waals surface area contributed by atoms with Crippen molar-refractivity contribution in [2.45, 2.75) is 44.3 Å². The molecule has 3 heterocycles. The van der Waals surface area contributed by atoms with E-state index in [0.29, 0.717) is 6.54 Å². The molecule has 4 rings (SSSR count). The third-order valence-corrected chi connectivity index (χ3v) is 5.71. The number of nitrogens with zero attached hydrogens (tertiary/aromatic N) is 4. The maximum atomic E-state index is 12.7. The number of hydrogen-bond donors (Lipinski definition) is 1. The number of nitrogens with one attached hydrogen (secondary N) is 1. The van der Waals surface area contributed by atoms with E-state index in [2.05, 4.69) is 27.2 Å². The summed E-state index contributed by atoms with van der Waals surface area (Å²) in [6.45, 7) is 2.62. The summed E-state index contributed by atoms with van der Waals surface area (Å²) in [7, 11) is 1.71. The maximum absolute atomic E-state index is 12.7. The number of fused-ring (bicyclic) bond motifs is 1. The van der Waals surface area contributed by atoms with Crippen LogP contribution in [0.1, 0.15) is 31.2 Å². The minimum absolute atomic E-state index is 0.246. The summed E-state index contributed by atoms with van der Waals surface area (Å²) in [5.74, 6) is 0.629. The number of amides is 3. The molecule has 0 spiro atoms. The lowest BCUT2D eigenvalue weighted by Crippen LogP contribution is -2.64. The molecular formula is C20H27N5O2. The van der Waals surface area contributed by atoms with Crippen LogP contribution >= 0.6 is 0 Å². The van der Waals surface area contributed by atoms with Gasteiger partial charge in [0.15, 0.2) is 18.2 Å². The Hall–Kier alpha value is -2.57. The second-order valence-electron chi connectivity index (χ2n) is 7.52. The molecule has 3 aliphatic heterocycles. The van der Waals surface area contributed by atoms with Crippen molar-refractivity contribution in [3.8, 4) is 0 Å². The molecule has 7 heteroatoms. The summed E-state index contributed by atoms with van der Waals surface area (Å²) in [5.41, 5.74) is 1.23. The molecule has 0 saturated carbocycles. The molecule has 2 unspecified atom stereocenters. The number of benzene rings is 1. The highest BCUT2D eigenvalue weighted by Gasteiger charge is 2.49. The average molecular weight is 369 g/mol. The Kier molecular flexibility index (Phi) is 5.01. The van der Waals surface area contributed by atoms with Gasteiger partial charge < -0.3 is 14.7 Å². The molecule has 3 aliphatic rings. The predicted octanol–water partition coefficient (Wildman–Crippen LogP) is 1.65. The second kappa shape index (κ2) is 7.58. The van der Waals surface area contributed by atoms with Crippen molar-refractivity contribution in [3.63, 3.8) is 0 Å². The van der Waals surface area contributed by atoms with Crippen LogP contribution in [-0.2, 0) is 11.2 Å².